The first-order chi connectivity index (χ1) is 12.9. The first-order valence-corrected chi connectivity index (χ1v) is 8.75. The fourth-order valence-corrected chi connectivity index (χ4v) is 2.80. The van der Waals surface area contributed by atoms with Crippen molar-refractivity contribution in [2.75, 3.05) is 20.2 Å². The fourth-order valence-electron chi connectivity index (χ4n) is 2.80. The first kappa shape index (κ1) is 18.6. The maximum absolute atomic E-state index is 13.0. The zero-order valence-electron chi connectivity index (χ0n) is 15.8. The average Bonchev–Trinajstić information content (AvgIpc) is 3.29. The Balaban J connectivity index is 2.08. The van der Waals surface area contributed by atoms with Crippen molar-refractivity contribution in [2.24, 2.45) is 0 Å². The third kappa shape index (κ3) is 3.69. The second-order valence-corrected chi connectivity index (χ2v) is 6.42. The molecule has 1 amide bonds. The summed E-state index contributed by atoms with van der Waals surface area (Å²) in [5.74, 6) is -0.218. The molecule has 0 radical (unpaired) electrons. The predicted molar refractivity (Wildman–Crippen MR) is 99.2 cm³/mol. The van der Waals surface area contributed by atoms with Crippen LogP contribution in [-0.2, 0) is 9.53 Å². The van der Waals surface area contributed by atoms with Crippen LogP contribution in [0.3, 0.4) is 0 Å². The third-order valence-corrected chi connectivity index (χ3v) is 4.08. The number of carbonyl (C=O) groups is 2. The SMILES string of the molecule is CCOC(=O)CN(C)C(=O)c1cc(-c2ccco2)nc2c1cnn2C(C)C. The van der Waals surface area contributed by atoms with Crippen LogP contribution in [0, 0.1) is 0 Å². The van der Waals surface area contributed by atoms with Crippen LogP contribution in [-0.4, -0.2) is 51.7 Å². The van der Waals surface area contributed by atoms with E-state index in [0.29, 0.717) is 28.1 Å². The van der Waals surface area contributed by atoms with E-state index in [2.05, 4.69) is 10.1 Å². The van der Waals surface area contributed by atoms with Crippen LogP contribution < -0.4 is 0 Å². The number of fused-ring (bicyclic) bond motifs is 1. The van der Waals surface area contributed by atoms with Gasteiger partial charge in [0.05, 0.1) is 30.0 Å². The normalized spacial score (nSPS) is 11.1. The minimum atomic E-state index is -0.456. The van der Waals surface area contributed by atoms with Gasteiger partial charge in [-0.25, -0.2) is 9.67 Å². The highest BCUT2D eigenvalue weighted by Crippen LogP contribution is 2.27. The van der Waals surface area contributed by atoms with E-state index in [4.69, 9.17) is 9.15 Å². The van der Waals surface area contributed by atoms with Gasteiger partial charge >= 0.3 is 5.97 Å². The van der Waals surface area contributed by atoms with Crippen LogP contribution in [0.4, 0.5) is 0 Å². The Morgan fingerprint density at radius 2 is 2.15 bits per heavy atom. The van der Waals surface area contributed by atoms with Gasteiger partial charge in [0.25, 0.3) is 5.91 Å². The van der Waals surface area contributed by atoms with Crippen LogP contribution in [0.5, 0.6) is 0 Å². The van der Waals surface area contributed by atoms with Crippen molar-refractivity contribution in [3.05, 3.63) is 36.2 Å². The summed E-state index contributed by atoms with van der Waals surface area (Å²) in [7, 11) is 1.56. The lowest BCUT2D eigenvalue weighted by atomic mass is 10.1. The van der Waals surface area contributed by atoms with Crippen molar-refractivity contribution in [2.45, 2.75) is 26.8 Å². The molecule has 142 valence electrons. The van der Waals surface area contributed by atoms with E-state index in [-0.39, 0.29) is 25.1 Å². The average molecular weight is 370 g/mol. The largest absolute Gasteiger partial charge is 0.465 e. The highest BCUT2D eigenvalue weighted by molar-refractivity contribution is 6.07. The van der Waals surface area contributed by atoms with Gasteiger partial charge in [-0.15, -0.1) is 0 Å². The number of furan rings is 1. The lowest BCUT2D eigenvalue weighted by Gasteiger charge is -2.17. The summed E-state index contributed by atoms with van der Waals surface area (Å²) in [5, 5.41) is 5.00. The standard InChI is InChI=1S/C19H22N4O4/c1-5-26-17(24)11-22(4)19(25)13-9-15(16-7-6-8-27-16)21-18-14(13)10-20-23(18)12(2)3/h6-10,12H,5,11H2,1-4H3. The molecule has 3 rings (SSSR count). The zero-order chi connectivity index (χ0) is 19.6. The molecule has 0 aliphatic carbocycles. The number of ether oxygens (including phenoxy) is 1. The Labute approximate surface area is 156 Å². The highest BCUT2D eigenvalue weighted by atomic mass is 16.5. The lowest BCUT2D eigenvalue weighted by molar-refractivity contribution is -0.143. The lowest BCUT2D eigenvalue weighted by Crippen LogP contribution is -2.33. The molecule has 0 spiro atoms. The molecule has 8 heteroatoms. The molecule has 3 aromatic rings. The maximum atomic E-state index is 13.0. The molecule has 0 aliphatic rings. The van der Waals surface area contributed by atoms with Gasteiger partial charge in [0.1, 0.15) is 12.2 Å². The number of rotatable bonds is 6. The molecule has 0 aliphatic heterocycles. The molecule has 0 saturated carbocycles. The predicted octanol–water partition coefficient (Wildman–Crippen LogP) is 2.91. The second-order valence-electron chi connectivity index (χ2n) is 6.42. The molecular weight excluding hydrogens is 348 g/mol. The number of likely N-dealkylation sites (N-methyl/N-ethyl adjacent to an activating group) is 1. The summed E-state index contributed by atoms with van der Waals surface area (Å²) in [6.45, 7) is 5.83. The highest BCUT2D eigenvalue weighted by Gasteiger charge is 2.23. The van der Waals surface area contributed by atoms with E-state index in [9.17, 15) is 9.59 Å². The molecule has 0 saturated heterocycles. The number of carbonyl (C=O) groups excluding carboxylic acids is 2. The molecule has 0 aromatic carbocycles. The monoisotopic (exact) mass is 370 g/mol. The topological polar surface area (TPSA) is 90.5 Å². The van der Waals surface area contributed by atoms with Crippen molar-refractivity contribution in [1.29, 1.82) is 0 Å². The van der Waals surface area contributed by atoms with Crippen molar-refractivity contribution in [3.63, 3.8) is 0 Å². The Morgan fingerprint density at radius 3 is 2.78 bits per heavy atom. The van der Waals surface area contributed by atoms with Gasteiger partial charge in [-0.1, -0.05) is 0 Å². The number of hydrogen-bond donors (Lipinski definition) is 0. The summed E-state index contributed by atoms with van der Waals surface area (Å²) in [6.07, 6.45) is 3.18. The van der Waals surface area contributed by atoms with Crippen LogP contribution in [0.15, 0.2) is 35.1 Å². The molecule has 0 bridgehead atoms. The van der Waals surface area contributed by atoms with E-state index in [1.807, 2.05) is 13.8 Å². The maximum Gasteiger partial charge on any atom is 0.325 e. The Bertz CT molecular complexity index is 960. The van der Waals surface area contributed by atoms with Crippen LogP contribution >= 0.6 is 0 Å². The molecule has 8 nitrogen and oxygen atoms in total. The van der Waals surface area contributed by atoms with E-state index >= 15 is 0 Å². The van der Waals surface area contributed by atoms with E-state index in [1.54, 1.807) is 49.3 Å². The molecule has 0 fully saturated rings. The Hall–Kier alpha value is -3.16. The van der Waals surface area contributed by atoms with E-state index in [0.717, 1.165) is 0 Å². The molecular formula is C19H22N4O4. The van der Waals surface area contributed by atoms with Gasteiger partial charge in [-0.2, -0.15) is 5.10 Å². The summed E-state index contributed by atoms with van der Waals surface area (Å²) in [4.78, 5) is 30.7. The van der Waals surface area contributed by atoms with Crippen LogP contribution in [0.25, 0.3) is 22.5 Å². The minimum Gasteiger partial charge on any atom is -0.465 e. The Kier molecular flexibility index (Phi) is 5.25. The summed E-state index contributed by atoms with van der Waals surface area (Å²) in [6, 6.07) is 5.27. The number of esters is 1. The van der Waals surface area contributed by atoms with Gasteiger partial charge in [0.2, 0.25) is 0 Å². The van der Waals surface area contributed by atoms with Crippen molar-refractivity contribution in [1.82, 2.24) is 19.7 Å². The fraction of sp³-hybridized carbons (Fsp3) is 0.368. The van der Waals surface area contributed by atoms with E-state index < -0.39 is 5.97 Å². The molecule has 3 heterocycles. The minimum absolute atomic E-state index is 0.0714. The van der Waals surface area contributed by atoms with Gasteiger partial charge in [0, 0.05) is 13.1 Å². The third-order valence-electron chi connectivity index (χ3n) is 4.08. The molecule has 27 heavy (non-hydrogen) atoms. The first-order valence-electron chi connectivity index (χ1n) is 8.75. The van der Waals surface area contributed by atoms with Crippen molar-refractivity contribution >= 4 is 22.9 Å². The van der Waals surface area contributed by atoms with E-state index in [1.165, 1.54) is 4.90 Å². The Morgan fingerprint density at radius 1 is 1.37 bits per heavy atom. The number of pyridine rings is 1. The second kappa shape index (κ2) is 7.61. The number of hydrogen-bond acceptors (Lipinski definition) is 6. The zero-order valence-corrected chi connectivity index (χ0v) is 15.8. The van der Waals surface area contributed by atoms with Crippen LogP contribution in [0.1, 0.15) is 37.2 Å². The summed E-state index contributed by atoms with van der Waals surface area (Å²) < 4.78 is 12.1. The summed E-state index contributed by atoms with van der Waals surface area (Å²) >= 11 is 0. The molecule has 0 N–H and O–H groups in total. The van der Waals surface area contributed by atoms with Gasteiger partial charge in [-0.3, -0.25) is 9.59 Å². The smallest absolute Gasteiger partial charge is 0.325 e. The number of amides is 1. The van der Waals surface area contributed by atoms with Gasteiger partial charge in [0.15, 0.2) is 11.4 Å². The van der Waals surface area contributed by atoms with Crippen molar-refractivity contribution in [3.8, 4) is 11.5 Å². The van der Waals surface area contributed by atoms with Gasteiger partial charge in [-0.05, 0) is 39.0 Å². The van der Waals surface area contributed by atoms with Gasteiger partial charge < -0.3 is 14.1 Å². The van der Waals surface area contributed by atoms with Crippen molar-refractivity contribution < 1.29 is 18.7 Å². The summed E-state index contributed by atoms with van der Waals surface area (Å²) in [5.41, 5.74) is 1.53. The quantitative estimate of drug-likeness (QED) is 0.620. The number of nitrogens with zero attached hydrogens (tertiary/aromatic N) is 4. The number of aromatic nitrogens is 3. The van der Waals surface area contributed by atoms with Crippen LogP contribution in [0.2, 0.25) is 0 Å². The molecule has 3 aromatic heterocycles. The molecule has 0 atom stereocenters. The molecule has 0 unspecified atom stereocenters.